The zero-order chi connectivity index (χ0) is 19.5. The van der Waals surface area contributed by atoms with Crippen LogP contribution in [0.2, 0.25) is 0 Å². The van der Waals surface area contributed by atoms with E-state index >= 15 is 0 Å². The van der Waals surface area contributed by atoms with Crippen LogP contribution in [0.4, 0.5) is 4.79 Å². The first-order valence-electron chi connectivity index (χ1n) is 10.7. The summed E-state index contributed by atoms with van der Waals surface area (Å²) in [6.45, 7) is 7.46. The van der Waals surface area contributed by atoms with Crippen molar-refractivity contribution < 1.29 is 14.3 Å². The molecule has 2 aliphatic heterocycles. The molecule has 6 heteroatoms. The minimum absolute atomic E-state index is 0.299. The van der Waals surface area contributed by atoms with Crippen molar-refractivity contribution in [3.8, 4) is 5.75 Å². The smallest absolute Gasteiger partial charge is 0.410 e. The third-order valence-electron chi connectivity index (χ3n) is 6.51. The Bertz CT molecular complexity index is 688. The van der Waals surface area contributed by atoms with Crippen molar-refractivity contribution in [3.05, 3.63) is 29.3 Å². The van der Waals surface area contributed by atoms with Gasteiger partial charge < -0.3 is 14.4 Å². The molecule has 2 fully saturated rings. The van der Waals surface area contributed by atoms with Gasteiger partial charge in [0, 0.05) is 39.1 Å². The topological polar surface area (TPSA) is 45.2 Å². The lowest BCUT2D eigenvalue weighted by molar-refractivity contribution is 0.0358. The largest absolute Gasteiger partial charge is 0.414 e. The molecular weight excluding hydrogens is 354 g/mol. The highest BCUT2D eigenvalue weighted by atomic mass is 16.6. The van der Waals surface area contributed by atoms with Crippen LogP contribution < -0.4 is 4.74 Å². The van der Waals surface area contributed by atoms with Crippen molar-refractivity contribution in [3.63, 3.8) is 0 Å². The molecule has 6 nitrogen and oxygen atoms in total. The first-order chi connectivity index (χ1) is 13.6. The summed E-state index contributed by atoms with van der Waals surface area (Å²) in [5.74, 6) is 1.32. The summed E-state index contributed by atoms with van der Waals surface area (Å²) in [6.07, 6.45) is 4.29. The van der Waals surface area contributed by atoms with E-state index in [0.29, 0.717) is 12.0 Å². The molecule has 2 heterocycles. The Morgan fingerprint density at radius 1 is 1.18 bits per heavy atom. The molecule has 0 N–H and O–H groups in total. The molecule has 0 radical (unpaired) electrons. The molecule has 2 saturated heterocycles. The number of rotatable bonds is 5. The van der Waals surface area contributed by atoms with E-state index < -0.39 is 0 Å². The summed E-state index contributed by atoms with van der Waals surface area (Å²) in [5, 5.41) is 0. The van der Waals surface area contributed by atoms with Crippen LogP contribution in [0.1, 0.15) is 36.3 Å². The lowest BCUT2D eigenvalue weighted by Gasteiger charge is -2.34. The van der Waals surface area contributed by atoms with Crippen molar-refractivity contribution in [2.45, 2.75) is 37.6 Å². The Hall–Kier alpha value is -1.63. The number of benzene rings is 1. The van der Waals surface area contributed by atoms with E-state index in [1.165, 1.54) is 48.5 Å². The number of hydrogen-bond acceptors (Lipinski definition) is 5. The second-order valence-corrected chi connectivity index (χ2v) is 8.43. The molecule has 2 atom stereocenters. The lowest BCUT2D eigenvalue weighted by Crippen LogP contribution is -2.40. The zero-order valence-electron chi connectivity index (χ0n) is 17.2. The number of carbonyl (C=O) groups excluding carboxylic acids is 1. The van der Waals surface area contributed by atoms with Crippen molar-refractivity contribution >= 4 is 6.09 Å². The Balaban J connectivity index is 1.37. The summed E-state index contributed by atoms with van der Waals surface area (Å²) >= 11 is 0. The summed E-state index contributed by atoms with van der Waals surface area (Å²) in [7, 11) is 3.44. The normalized spacial score (nSPS) is 25.2. The Morgan fingerprint density at radius 3 is 2.79 bits per heavy atom. The molecule has 0 spiro atoms. The molecule has 4 rings (SSSR count). The Kier molecular flexibility index (Phi) is 6.19. The maximum atomic E-state index is 12.0. The van der Waals surface area contributed by atoms with Gasteiger partial charge in [-0.3, -0.25) is 9.80 Å². The molecule has 154 valence electrons. The molecule has 1 aromatic rings. The minimum Gasteiger partial charge on any atom is -0.410 e. The molecule has 1 amide bonds. The van der Waals surface area contributed by atoms with Crippen LogP contribution in [-0.2, 0) is 11.2 Å². The number of likely N-dealkylation sites (tertiary alicyclic amines) is 1. The van der Waals surface area contributed by atoms with E-state index in [0.717, 1.165) is 44.9 Å². The number of nitrogens with zero attached hydrogens (tertiary/aromatic N) is 3. The molecule has 3 aliphatic rings. The van der Waals surface area contributed by atoms with E-state index in [2.05, 4.69) is 15.9 Å². The van der Waals surface area contributed by atoms with Gasteiger partial charge in [-0.2, -0.15) is 0 Å². The van der Waals surface area contributed by atoms with Gasteiger partial charge in [0.05, 0.1) is 13.2 Å². The second-order valence-electron chi connectivity index (χ2n) is 8.43. The SMILES string of the molecule is CN(C)C(=O)Oc1cccc2c1CCC1C2CCN1CCCN1CCOCC1. The van der Waals surface area contributed by atoms with Gasteiger partial charge in [0.25, 0.3) is 0 Å². The monoisotopic (exact) mass is 387 g/mol. The van der Waals surface area contributed by atoms with Crippen LogP contribution >= 0.6 is 0 Å². The maximum Gasteiger partial charge on any atom is 0.414 e. The summed E-state index contributed by atoms with van der Waals surface area (Å²) < 4.78 is 11.1. The third kappa shape index (κ3) is 4.19. The van der Waals surface area contributed by atoms with Crippen molar-refractivity contribution in [2.24, 2.45) is 0 Å². The minimum atomic E-state index is -0.299. The molecule has 2 unspecified atom stereocenters. The lowest BCUT2D eigenvalue weighted by atomic mass is 9.79. The highest BCUT2D eigenvalue weighted by molar-refractivity contribution is 5.70. The van der Waals surface area contributed by atoms with Crippen molar-refractivity contribution in [1.29, 1.82) is 0 Å². The first kappa shape index (κ1) is 19.7. The van der Waals surface area contributed by atoms with Gasteiger partial charge in [-0.1, -0.05) is 12.1 Å². The van der Waals surface area contributed by atoms with Crippen LogP contribution in [0.25, 0.3) is 0 Å². The van der Waals surface area contributed by atoms with E-state index in [1.54, 1.807) is 14.1 Å². The average molecular weight is 388 g/mol. The predicted octanol–water partition coefficient (Wildman–Crippen LogP) is 2.57. The van der Waals surface area contributed by atoms with Crippen molar-refractivity contribution in [1.82, 2.24) is 14.7 Å². The zero-order valence-corrected chi connectivity index (χ0v) is 17.2. The molecule has 1 aromatic carbocycles. The number of morpholine rings is 1. The van der Waals surface area contributed by atoms with Crippen LogP contribution in [0.5, 0.6) is 5.75 Å². The molecule has 28 heavy (non-hydrogen) atoms. The summed E-state index contributed by atoms with van der Waals surface area (Å²) in [4.78, 5) is 18.7. The average Bonchev–Trinajstić information content (AvgIpc) is 3.12. The Morgan fingerprint density at radius 2 is 2.00 bits per heavy atom. The van der Waals surface area contributed by atoms with Crippen LogP contribution in [0.15, 0.2) is 18.2 Å². The molecule has 0 bridgehead atoms. The fourth-order valence-corrected chi connectivity index (χ4v) is 5.03. The van der Waals surface area contributed by atoms with E-state index in [9.17, 15) is 4.79 Å². The van der Waals surface area contributed by atoms with Crippen LogP contribution in [0, 0.1) is 0 Å². The van der Waals surface area contributed by atoms with Gasteiger partial charge in [-0.25, -0.2) is 4.79 Å². The fourth-order valence-electron chi connectivity index (χ4n) is 5.03. The van der Waals surface area contributed by atoms with Crippen LogP contribution in [0.3, 0.4) is 0 Å². The highest BCUT2D eigenvalue weighted by Gasteiger charge is 2.39. The second kappa shape index (κ2) is 8.80. The van der Waals surface area contributed by atoms with Gasteiger partial charge in [0.15, 0.2) is 0 Å². The number of carbonyl (C=O) groups is 1. The molecule has 1 aliphatic carbocycles. The standard InChI is InChI=1S/C22H33N3O3/c1-23(2)22(26)28-21-6-3-5-17-18-9-12-25(20(18)8-7-19(17)21)11-4-10-24-13-15-27-16-14-24/h3,5-6,18,20H,4,7-16H2,1-2H3. The van der Waals surface area contributed by atoms with Gasteiger partial charge >= 0.3 is 6.09 Å². The van der Waals surface area contributed by atoms with E-state index in [-0.39, 0.29) is 6.09 Å². The summed E-state index contributed by atoms with van der Waals surface area (Å²) in [6, 6.07) is 6.86. The fraction of sp³-hybridized carbons (Fsp3) is 0.682. The number of amides is 1. The predicted molar refractivity (Wildman–Crippen MR) is 109 cm³/mol. The quantitative estimate of drug-likeness (QED) is 0.777. The van der Waals surface area contributed by atoms with E-state index in [1.807, 2.05) is 12.1 Å². The number of fused-ring (bicyclic) bond motifs is 3. The van der Waals surface area contributed by atoms with Gasteiger partial charge in [0.2, 0.25) is 0 Å². The number of hydrogen-bond donors (Lipinski definition) is 0. The van der Waals surface area contributed by atoms with Gasteiger partial charge in [-0.15, -0.1) is 0 Å². The van der Waals surface area contributed by atoms with Crippen molar-refractivity contribution in [2.75, 3.05) is 60.0 Å². The summed E-state index contributed by atoms with van der Waals surface area (Å²) in [5.41, 5.74) is 2.64. The third-order valence-corrected chi connectivity index (χ3v) is 6.51. The first-order valence-corrected chi connectivity index (χ1v) is 10.7. The molecular formula is C22H33N3O3. The number of ether oxygens (including phenoxy) is 2. The van der Waals surface area contributed by atoms with Crippen LogP contribution in [-0.4, -0.2) is 86.9 Å². The van der Waals surface area contributed by atoms with Gasteiger partial charge in [-0.05, 0) is 62.5 Å². The molecule has 0 saturated carbocycles. The molecule has 0 aromatic heterocycles. The van der Waals surface area contributed by atoms with E-state index in [4.69, 9.17) is 9.47 Å². The Labute approximate surface area is 168 Å². The van der Waals surface area contributed by atoms with Gasteiger partial charge in [0.1, 0.15) is 5.75 Å². The maximum absolute atomic E-state index is 12.0. The highest BCUT2D eigenvalue weighted by Crippen LogP contribution is 2.44.